The lowest BCUT2D eigenvalue weighted by Crippen LogP contribution is -1.92. The van der Waals surface area contributed by atoms with Crippen molar-refractivity contribution in [2.45, 2.75) is 6.92 Å². The van der Waals surface area contributed by atoms with E-state index in [0.29, 0.717) is 11.6 Å². The normalized spacial score (nSPS) is 10.5. The van der Waals surface area contributed by atoms with Gasteiger partial charge in [0.25, 0.3) is 5.69 Å². The summed E-state index contributed by atoms with van der Waals surface area (Å²) in [6.07, 6.45) is 0. The van der Waals surface area contributed by atoms with Gasteiger partial charge in [0.2, 0.25) is 5.88 Å². The number of nitro groups is 1. The third-order valence-electron chi connectivity index (χ3n) is 3.17. The van der Waals surface area contributed by atoms with Crippen LogP contribution in [0.3, 0.4) is 0 Å². The van der Waals surface area contributed by atoms with Gasteiger partial charge in [-0.15, -0.1) is 0 Å². The van der Waals surface area contributed by atoms with E-state index in [1.807, 2.05) is 37.3 Å². The molecule has 3 rings (SSSR count). The number of hydrogen-bond donors (Lipinski definition) is 0. The number of aromatic nitrogens is 1. The van der Waals surface area contributed by atoms with Gasteiger partial charge >= 0.3 is 0 Å². The number of hydrogen-bond acceptors (Lipinski definition) is 4. The molecule has 0 aliphatic heterocycles. The van der Waals surface area contributed by atoms with E-state index in [-0.39, 0.29) is 5.69 Å². The number of aryl methyl sites for hydroxylation is 1. The maximum absolute atomic E-state index is 10.6. The van der Waals surface area contributed by atoms with Crippen LogP contribution < -0.4 is 4.74 Å². The SMILES string of the molecule is Cc1cc(Oc2ccc([N+](=O)[O-])cc2)nc2ccccc12. The average Bonchev–Trinajstić information content (AvgIpc) is 2.48. The molecule has 2 aromatic carbocycles. The Morgan fingerprint density at radius 3 is 2.52 bits per heavy atom. The highest BCUT2D eigenvalue weighted by atomic mass is 16.6. The third-order valence-corrected chi connectivity index (χ3v) is 3.17. The fraction of sp³-hybridized carbons (Fsp3) is 0.0625. The summed E-state index contributed by atoms with van der Waals surface area (Å²) in [4.78, 5) is 14.6. The Balaban J connectivity index is 1.92. The molecule has 0 spiro atoms. The van der Waals surface area contributed by atoms with Crippen LogP contribution in [0.5, 0.6) is 11.6 Å². The minimum Gasteiger partial charge on any atom is -0.439 e. The van der Waals surface area contributed by atoms with Crippen LogP contribution in [0.15, 0.2) is 54.6 Å². The number of nitro benzene ring substituents is 1. The molecule has 5 heteroatoms. The van der Waals surface area contributed by atoms with Crippen molar-refractivity contribution in [3.05, 3.63) is 70.3 Å². The van der Waals surface area contributed by atoms with Gasteiger partial charge in [-0.1, -0.05) is 18.2 Å². The Morgan fingerprint density at radius 2 is 1.81 bits per heavy atom. The smallest absolute Gasteiger partial charge is 0.269 e. The van der Waals surface area contributed by atoms with Gasteiger partial charge in [-0.05, 0) is 30.7 Å². The van der Waals surface area contributed by atoms with Crippen LogP contribution in [-0.2, 0) is 0 Å². The summed E-state index contributed by atoms with van der Waals surface area (Å²) in [5.74, 6) is 0.989. The Bertz CT molecular complexity index is 813. The van der Waals surface area contributed by atoms with E-state index in [2.05, 4.69) is 4.98 Å². The Labute approximate surface area is 121 Å². The Morgan fingerprint density at radius 1 is 1.10 bits per heavy atom. The van der Waals surface area contributed by atoms with Gasteiger partial charge in [-0.25, -0.2) is 4.98 Å². The number of non-ortho nitro benzene ring substituents is 1. The number of pyridine rings is 1. The van der Waals surface area contributed by atoms with Crippen LogP contribution in [0.25, 0.3) is 10.9 Å². The van der Waals surface area contributed by atoms with Gasteiger partial charge in [0.1, 0.15) is 5.75 Å². The molecular weight excluding hydrogens is 268 g/mol. The summed E-state index contributed by atoms with van der Waals surface area (Å²) in [6, 6.07) is 15.6. The number of fused-ring (bicyclic) bond motifs is 1. The molecule has 0 aliphatic rings. The molecule has 0 unspecified atom stereocenters. The van der Waals surface area contributed by atoms with E-state index in [9.17, 15) is 10.1 Å². The van der Waals surface area contributed by atoms with Crippen molar-refractivity contribution in [2.24, 2.45) is 0 Å². The average molecular weight is 280 g/mol. The highest BCUT2D eigenvalue weighted by Crippen LogP contribution is 2.26. The minimum atomic E-state index is -0.442. The van der Waals surface area contributed by atoms with Crippen molar-refractivity contribution < 1.29 is 9.66 Å². The summed E-state index contributed by atoms with van der Waals surface area (Å²) in [7, 11) is 0. The van der Waals surface area contributed by atoms with Crippen LogP contribution in [0, 0.1) is 17.0 Å². The summed E-state index contributed by atoms with van der Waals surface area (Å²) in [6.45, 7) is 1.99. The van der Waals surface area contributed by atoms with Crippen molar-refractivity contribution in [3.8, 4) is 11.6 Å². The maximum Gasteiger partial charge on any atom is 0.269 e. The third kappa shape index (κ3) is 2.67. The fourth-order valence-electron chi connectivity index (χ4n) is 2.13. The Hall–Kier alpha value is -2.95. The maximum atomic E-state index is 10.6. The second-order valence-corrected chi connectivity index (χ2v) is 4.65. The molecule has 0 N–H and O–H groups in total. The van der Waals surface area contributed by atoms with Crippen molar-refractivity contribution in [1.29, 1.82) is 0 Å². The van der Waals surface area contributed by atoms with Crippen LogP contribution in [0.4, 0.5) is 5.69 Å². The molecule has 0 atom stereocenters. The first-order valence-electron chi connectivity index (χ1n) is 6.42. The quantitative estimate of drug-likeness (QED) is 0.531. The predicted molar refractivity (Wildman–Crippen MR) is 79.7 cm³/mol. The van der Waals surface area contributed by atoms with Crippen LogP contribution in [0.2, 0.25) is 0 Å². The van der Waals surface area contributed by atoms with Gasteiger partial charge in [0.15, 0.2) is 0 Å². The second kappa shape index (κ2) is 5.20. The lowest BCUT2D eigenvalue weighted by atomic mass is 10.1. The number of ether oxygens (including phenoxy) is 1. The molecular formula is C16H12N2O3. The second-order valence-electron chi connectivity index (χ2n) is 4.65. The highest BCUT2D eigenvalue weighted by Gasteiger charge is 2.07. The monoisotopic (exact) mass is 280 g/mol. The standard InChI is InChI=1S/C16H12N2O3/c1-11-10-16(17-15-5-3-2-4-14(11)15)21-13-8-6-12(7-9-13)18(19)20/h2-10H,1H3. The topological polar surface area (TPSA) is 65.3 Å². The first-order chi connectivity index (χ1) is 10.1. The van der Waals surface area contributed by atoms with Gasteiger partial charge in [0, 0.05) is 23.6 Å². The molecule has 104 valence electrons. The number of rotatable bonds is 3. The first-order valence-corrected chi connectivity index (χ1v) is 6.42. The van der Waals surface area contributed by atoms with Crippen molar-refractivity contribution in [3.63, 3.8) is 0 Å². The predicted octanol–water partition coefficient (Wildman–Crippen LogP) is 4.24. The summed E-state index contributed by atoms with van der Waals surface area (Å²) < 4.78 is 5.67. The van der Waals surface area contributed by atoms with E-state index >= 15 is 0 Å². The summed E-state index contributed by atoms with van der Waals surface area (Å²) in [5, 5.41) is 11.7. The van der Waals surface area contributed by atoms with Crippen molar-refractivity contribution in [1.82, 2.24) is 4.98 Å². The van der Waals surface area contributed by atoms with Crippen LogP contribution >= 0.6 is 0 Å². The van der Waals surface area contributed by atoms with E-state index < -0.39 is 4.92 Å². The molecule has 3 aromatic rings. The zero-order valence-corrected chi connectivity index (χ0v) is 11.3. The molecule has 0 amide bonds. The molecule has 5 nitrogen and oxygen atoms in total. The van der Waals surface area contributed by atoms with E-state index in [4.69, 9.17) is 4.74 Å². The molecule has 21 heavy (non-hydrogen) atoms. The molecule has 0 saturated carbocycles. The highest BCUT2D eigenvalue weighted by molar-refractivity contribution is 5.82. The molecule has 0 bridgehead atoms. The molecule has 1 aromatic heterocycles. The molecule has 0 radical (unpaired) electrons. The fourth-order valence-corrected chi connectivity index (χ4v) is 2.13. The van der Waals surface area contributed by atoms with Crippen LogP contribution in [-0.4, -0.2) is 9.91 Å². The van der Waals surface area contributed by atoms with Gasteiger partial charge in [0.05, 0.1) is 10.4 Å². The molecule has 0 fully saturated rings. The minimum absolute atomic E-state index is 0.0324. The largest absolute Gasteiger partial charge is 0.439 e. The number of nitrogens with zero attached hydrogens (tertiary/aromatic N) is 2. The van der Waals surface area contributed by atoms with Gasteiger partial charge in [-0.2, -0.15) is 0 Å². The number of benzene rings is 2. The zero-order chi connectivity index (χ0) is 14.8. The van der Waals surface area contributed by atoms with E-state index in [1.165, 1.54) is 12.1 Å². The first kappa shape index (κ1) is 13.1. The zero-order valence-electron chi connectivity index (χ0n) is 11.3. The summed E-state index contributed by atoms with van der Waals surface area (Å²) >= 11 is 0. The van der Waals surface area contributed by atoms with Crippen molar-refractivity contribution in [2.75, 3.05) is 0 Å². The lowest BCUT2D eigenvalue weighted by molar-refractivity contribution is -0.384. The number of para-hydroxylation sites is 1. The van der Waals surface area contributed by atoms with E-state index in [0.717, 1.165) is 16.5 Å². The molecule has 0 saturated heterocycles. The van der Waals surface area contributed by atoms with Crippen molar-refractivity contribution >= 4 is 16.6 Å². The molecule has 0 aliphatic carbocycles. The Kier molecular flexibility index (Phi) is 3.23. The van der Waals surface area contributed by atoms with Crippen LogP contribution in [0.1, 0.15) is 5.56 Å². The van der Waals surface area contributed by atoms with E-state index in [1.54, 1.807) is 12.1 Å². The summed E-state index contributed by atoms with van der Waals surface area (Å²) in [5.41, 5.74) is 1.96. The van der Waals surface area contributed by atoms with Gasteiger partial charge in [-0.3, -0.25) is 10.1 Å². The molecule has 1 heterocycles. The lowest BCUT2D eigenvalue weighted by Gasteiger charge is -2.08. The van der Waals surface area contributed by atoms with Gasteiger partial charge < -0.3 is 4.74 Å².